The van der Waals surface area contributed by atoms with E-state index in [0.29, 0.717) is 0 Å². The molecule has 1 saturated carbocycles. The van der Waals surface area contributed by atoms with E-state index in [1.54, 1.807) is 0 Å². The molecule has 0 aliphatic heterocycles. The summed E-state index contributed by atoms with van der Waals surface area (Å²) in [6.07, 6.45) is 2.95. The van der Waals surface area contributed by atoms with Crippen molar-refractivity contribution in [3.63, 3.8) is 0 Å². The van der Waals surface area contributed by atoms with Crippen molar-refractivity contribution < 1.29 is 0 Å². The number of rotatable bonds is 0. The van der Waals surface area contributed by atoms with Gasteiger partial charge in [0.25, 0.3) is 0 Å². The standard InChI is InChI=1S/C6H12.3CH4/c1-5-3-4-6(5)2;;;/h5-6H,3-4H2,1-2H3;3*1H4. The van der Waals surface area contributed by atoms with E-state index in [4.69, 9.17) is 0 Å². The van der Waals surface area contributed by atoms with Crippen LogP contribution in [0.5, 0.6) is 0 Å². The van der Waals surface area contributed by atoms with Gasteiger partial charge < -0.3 is 0 Å². The van der Waals surface area contributed by atoms with Crippen LogP contribution in [0, 0.1) is 11.8 Å². The van der Waals surface area contributed by atoms with E-state index in [1.165, 1.54) is 12.8 Å². The van der Waals surface area contributed by atoms with Crippen LogP contribution in [-0.4, -0.2) is 0 Å². The first-order chi connectivity index (χ1) is 2.80. The molecule has 0 amide bonds. The third kappa shape index (κ3) is 3.56. The first-order valence-electron chi connectivity index (χ1n) is 2.80. The molecule has 0 heteroatoms. The Morgan fingerprint density at radius 1 is 0.778 bits per heavy atom. The van der Waals surface area contributed by atoms with Gasteiger partial charge in [-0.05, 0) is 11.8 Å². The second-order valence-corrected chi connectivity index (χ2v) is 2.53. The highest BCUT2D eigenvalue weighted by Gasteiger charge is 2.20. The molecule has 0 spiro atoms. The maximum absolute atomic E-state index is 2.33. The highest BCUT2D eigenvalue weighted by Crippen LogP contribution is 2.32. The summed E-state index contributed by atoms with van der Waals surface area (Å²) in [6, 6.07) is 0. The van der Waals surface area contributed by atoms with E-state index in [0.717, 1.165) is 11.8 Å². The molecule has 2 atom stereocenters. The van der Waals surface area contributed by atoms with Crippen molar-refractivity contribution in [2.75, 3.05) is 0 Å². The molecule has 0 bridgehead atoms. The molecule has 1 aliphatic rings. The SMILES string of the molecule is C.C.C.CC1CCC1C. The summed E-state index contributed by atoms with van der Waals surface area (Å²) in [7, 11) is 0. The zero-order valence-electron chi connectivity index (χ0n) is 4.57. The minimum absolute atomic E-state index is 0. The fourth-order valence-corrected chi connectivity index (χ4v) is 0.833. The summed E-state index contributed by atoms with van der Waals surface area (Å²) in [4.78, 5) is 0. The molecule has 1 aliphatic carbocycles. The lowest BCUT2D eigenvalue weighted by atomic mass is 9.77. The van der Waals surface area contributed by atoms with Crippen molar-refractivity contribution in [2.24, 2.45) is 11.8 Å². The van der Waals surface area contributed by atoms with Crippen LogP contribution < -0.4 is 0 Å². The highest BCUT2D eigenvalue weighted by atomic mass is 14.3. The average Bonchev–Trinajstić information content (AvgIpc) is 1.61. The Bertz CT molecular complexity index is 40.0. The maximum atomic E-state index is 2.33. The Balaban J connectivity index is -0.000000120. The van der Waals surface area contributed by atoms with Gasteiger partial charge in [-0.3, -0.25) is 0 Å². The lowest BCUT2D eigenvalue weighted by Gasteiger charge is -2.29. The lowest BCUT2D eigenvalue weighted by Crippen LogP contribution is -2.18. The van der Waals surface area contributed by atoms with Crippen LogP contribution in [0.2, 0.25) is 0 Å². The molecule has 0 aromatic rings. The monoisotopic (exact) mass is 132 g/mol. The fourth-order valence-electron chi connectivity index (χ4n) is 0.833. The Kier molecular flexibility index (Phi) is 10.9. The van der Waals surface area contributed by atoms with Gasteiger partial charge in [0.1, 0.15) is 0 Å². The topological polar surface area (TPSA) is 0 Å². The molecule has 0 radical (unpaired) electrons. The van der Waals surface area contributed by atoms with Crippen molar-refractivity contribution >= 4 is 0 Å². The van der Waals surface area contributed by atoms with Crippen LogP contribution in [0.4, 0.5) is 0 Å². The van der Waals surface area contributed by atoms with E-state index in [9.17, 15) is 0 Å². The molecule has 0 saturated heterocycles. The molecule has 0 aromatic heterocycles. The first-order valence-corrected chi connectivity index (χ1v) is 2.80. The van der Waals surface area contributed by atoms with Gasteiger partial charge in [0.05, 0.1) is 0 Å². The molecule has 0 heterocycles. The van der Waals surface area contributed by atoms with E-state index < -0.39 is 0 Å². The summed E-state index contributed by atoms with van der Waals surface area (Å²) in [5.74, 6) is 2.06. The quantitative estimate of drug-likeness (QED) is 0.468. The Labute approximate surface area is 61.7 Å². The maximum Gasteiger partial charge on any atom is -0.0417 e. The van der Waals surface area contributed by atoms with Crippen molar-refractivity contribution in [2.45, 2.75) is 49.0 Å². The van der Waals surface area contributed by atoms with Crippen LogP contribution >= 0.6 is 0 Å². The van der Waals surface area contributed by atoms with Gasteiger partial charge in [0.15, 0.2) is 0 Å². The molecule has 1 rings (SSSR count). The normalized spacial score (nSPS) is 30.0. The van der Waals surface area contributed by atoms with Gasteiger partial charge in [-0.1, -0.05) is 49.0 Å². The predicted molar refractivity (Wildman–Crippen MR) is 47.8 cm³/mol. The summed E-state index contributed by atoms with van der Waals surface area (Å²) in [5.41, 5.74) is 0. The molecule has 1 fully saturated rings. The summed E-state index contributed by atoms with van der Waals surface area (Å²) in [6.45, 7) is 4.66. The van der Waals surface area contributed by atoms with Gasteiger partial charge in [0.2, 0.25) is 0 Å². The van der Waals surface area contributed by atoms with Crippen molar-refractivity contribution in [3.8, 4) is 0 Å². The van der Waals surface area contributed by atoms with E-state index in [2.05, 4.69) is 13.8 Å². The largest absolute Gasteiger partial charge is 0.0776 e. The van der Waals surface area contributed by atoms with E-state index in [1.807, 2.05) is 0 Å². The minimum Gasteiger partial charge on any atom is -0.0776 e. The van der Waals surface area contributed by atoms with Crippen molar-refractivity contribution in [1.29, 1.82) is 0 Å². The summed E-state index contributed by atoms with van der Waals surface area (Å²) in [5, 5.41) is 0. The molecule has 60 valence electrons. The van der Waals surface area contributed by atoms with Gasteiger partial charge in [0, 0.05) is 0 Å². The lowest BCUT2D eigenvalue weighted by molar-refractivity contribution is 0.219. The Morgan fingerprint density at radius 3 is 1.00 bits per heavy atom. The van der Waals surface area contributed by atoms with Crippen LogP contribution in [0.25, 0.3) is 0 Å². The van der Waals surface area contributed by atoms with Crippen LogP contribution in [-0.2, 0) is 0 Å². The highest BCUT2D eigenvalue weighted by molar-refractivity contribution is 4.71. The zero-order chi connectivity index (χ0) is 4.57. The molecule has 2 unspecified atom stereocenters. The molecule has 0 aromatic carbocycles. The molecule has 9 heavy (non-hydrogen) atoms. The molecule has 0 nitrogen and oxygen atoms in total. The zero-order valence-corrected chi connectivity index (χ0v) is 4.57. The van der Waals surface area contributed by atoms with Gasteiger partial charge in [-0.25, -0.2) is 0 Å². The number of hydrogen-bond donors (Lipinski definition) is 0. The van der Waals surface area contributed by atoms with Crippen molar-refractivity contribution in [1.82, 2.24) is 0 Å². The predicted octanol–water partition coefficient (Wildman–Crippen LogP) is 3.96. The minimum atomic E-state index is 0. The second kappa shape index (κ2) is 6.12. The van der Waals surface area contributed by atoms with Crippen LogP contribution in [0.3, 0.4) is 0 Å². The van der Waals surface area contributed by atoms with E-state index >= 15 is 0 Å². The smallest absolute Gasteiger partial charge is 0.0417 e. The van der Waals surface area contributed by atoms with Crippen LogP contribution in [0.1, 0.15) is 49.0 Å². The third-order valence-electron chi connectivity index (χ3n) is 2.05. The Morgan fingerprint density at radius 2 is 1.00 bits per heavy atom. The van der Waals surface area contributed by atoms with E-state index in [-0.39, 0.29) is 22.3 Å². The Hall–Kier alpha value is 0. The second-order valence-electron chi connectivity index (χ2n) is 2.53. The summed E-state index contributed by atoms with van der Waals surface area (Å²) < 4.78 is 0. The van der Waals surface area contributed by atoms with Gasteiger partial charge in [-0.15, -0.1) is 0 Å². The van der Waals surface area contributed by atoms with Gasteiger partial charge >= 0.3 is 0 Å². The average molecular weight is 132 g/mol. The van der Waals surface area contributed by atoms with Crippen molar-refractivity contribution in [3.05, 3.63) is 0 Å². The fraction of sp³-hybridized carbons (Fsp3) is 1.00. The molecule has 0 N–H and O–H groups in total. The molecular formula is C9H24. The number of hydrogen-bond acceptors (Lipinski definition) is 0. The first kappa shape index (κ1) is 16.0. The van der Waals surface area contributed by atoms with Crippen LogP contribution in [0.15, 0.2) is 0 Å². The molecular weight excluding hydrogens is 108 g/mol. The third-order valence-corrected chi connectivity index (χ3v) is 2.05. The van der Waals surface area contributed by atoms with Gasteiger partial charge in [-0.2, -0.15) is 0 Å². The summed E-state index contributed by atoms with van der Waals surface area (Å²) >= 11 is 0.